The quantitative estimate of drug-likeness (QED) is 0.662. The Morgan fingerprint density at radius 2 is 1.88 bits per heavy atom. The second kappa shape index (κ2) is 7.88. The first-order chi connectivity index (χ1) is 12.6. The fraction of sp³-hybridized carbons (Fsp3) is 0.167. The number of hydrogen-bond donors (Lipinski definition) is 2. The van der Waals surface area contributed by atoms with Gasteiger partial charge in [-0.05, 0) is 18.6 Å². The summed E-state index contributed by atoms with van der Waals surface area (Å²) in [6.07, 6.45) is 0. The Morgan fingerprint density at radius 1 is 1.15 bits per heavy atom. The minimum absolute atomic E-state index is 0.00676. The minimum atomic E-state index is -0.702. The molecule has 7 nitrogen and oxygen atoms in total. The molecule has 8 heteroatoms. The number of carbonyl (C=O) groups excluding carboxylic acids is 1. The van der Waals surface area contributed by atoms with Crippen LogP contribution in [-0.4, -0.2) is 27.9 Å². The van der Waals surface area contributed by atoms with E-state index in [1.165, 1.54) is 0 Å². The fourth-order valence-corrected chi connectivity index (χ4v) is 2.67. The molecule has 3 rings (SSSR count). The van der Waals surface area contributed by atoms with Crippen LogP contribution in [0.1, 0.15) is 23.0 Å². The zero-order chi connectivity index (χ0) is 18.5. The van der Waals surface area contributed by atoms with Crippen molar-refractivity contribution in [3.8, 4) is 22.8 Å². The third-order valence-corrected chi connectivity index (χ3v) is 3.92. The highest BCUT2D eigenvalue weighted by molar-refractivity contribution is 6.33. The summed E-state index contributed by atoms with van der Waals surface area (Å²) in [7, 11) is 0. The zero-order valence-corrected chi connectivity index (χ0v) is 14.8. The van der Waals surface area contributed by atoms with Gasteiger partial charge < -0.3 is 15.2 Å². The average molecular weight is 373 g/mol. The SMILES string of the molecule is CCOc1cc(-c2n[nH]nc2C(N)=O)c(Cl)cc1OCc1ccccc1. The maximum absolute atomic E-state index is 11.5. The van der Waals surface area contributed by atoms with E-state index >= 15 is 0 Å². The van der Waals surface area contributed by atoms with Gasteiger partial charge in [-0.2, -0.15) is 15.4 Å². The third-order valence-electron chi connectivity index (χ3n) is 3.61. The van der Waals surface area contributed by atoms with E-state index < -0.39 is 5.91 Å². The van der Waals surface area contributed by atoms with Crippen LogP contribution in [0.4, 0.5) is 0 Å². The summed E-state index contributed by atoms with van der Waals surface area (Å²) in [6.45, 7) is 2.66. The van der Waals surface area contributed by atoms with Gasteiger partial charge in [0.05, 0.1) is 11.6 Å². The molecule has 0 aliphatic carbocycles. The Morgan fingerprint density at radius 3 is 2.58 bits per heavy atom. The van der Waals surface area contributed by atoms with E-state index in [1.54, 1.807) is 12.1 Å². The van der Waals surface area contributed by atoms with Crippen LogP contribution in [-0.2, 0) is 6.61 Å². The van der Waals surface area contributed by atoms with E-state index in [-0.39, 0.29) is 11.4 Å². The number of halogens is 1. The van der Waals surface area contributed by atoms with Gasteiger partial charge in [0.1, 0.15) is 12.3 Å². The lowest BCUT2D eigenvalue weighted by molar-refractivity contribution is 0.0996. The molecule has 3 N–H and O–H groups in total. The van der Waals surface area contributed by atoms with E-state index in [2.05, 4.69) is 15.4 Å². The minimum Gasteiger partial charge on any atom is -0.490 e. The highest BCUT2D eigenvalue weighted by Crippen LogP contribution is 2.39. The molecule has 0 unspecified atom stereocenters. The van der Waals surface area contributed by atoms with Crippen LogP contribution in [0.5, 0.6) is 11.5 Å². The second-order valence-corrected chi connectivity index (χ2v) is 5.78. The van der Waals surface area contributed by atoms with Gasteiger partial charge in [0.2, 0.25) is 0 Å². The average Bonchev–Trinajstić information content (AvgIpc) is 3.12. The van der Waals surface area contributed by atoms with Gasteiger partial charge in [-0.3, -0.25) is 4.79 Å². The van der Waals surface area contributed by atoms with Gasteiger partial charge in [-0.1, -0.05) is 41.9 Å². The monoisotopic (exact) mass is 372 g/mol. The summed E-state index contributed by atoms with van der Waals surface area (Å²) in [5, 5.41) is 10.5. The van der Waals surface area contributed by atoms with Crippen LogP contribution in [0.15, 0.2) is 42.5 Å². The van der Waals surface area contributed by atoms with Crippen molar-refractivity contribution in [2.24, 2.45) is 5.73 Å². The smallest absolute Gasteiger partial charge is 0.271 e. The Balaban J connectivity index is 1.95. The number of primary amides is 1. The van der Waals surface area contributed by atoms with Gasteiger partial charge in [-0.15, -0.1) is 0 Å². The van der Waals surface area contributed by atoms with Crippen LogP contribution in [0.2, 0.25) is 5.02 Å². The summed E-state index contributed by atoms with van der Waals surface area (Å²) in [6, 6.07) is 13.0. The van der Waals surface area contributed by atoms with Gasteiger partial charge in [0.15, 0.2) is 17.2 Å². The number of amides is 1. The summed E-state index contributed by atoms with van der Waals surface area (Å²) in [4.78, 5) is 11.5. The molecule has 1 amide bonds. The number of nitrogens with one attached hydrogen (secondary N) is 1. The lowest BCUT2D eigenvalue weighted by atomic mass is 10.1. The van der Waals surface area contributed by atoms with Gasteiger partial charge in [0.25, 0.3) is 5.91 Å². The number of H-pyrrole nitrogens is 1. The first-order valence-electron chi connectivity index (χ1n) is 7.94. The normalized spacial score (nSPS) is 10.5. The summed E-state index contributed by atoms with van der Waals surface area (Å²) < 4.78 is 11.5. The molecule has 0 aliphatic heterocycles. The standard InChI is InChI=1S/C18H17ClN4O3/c1-2-25-14-8-12(16-17(18(20)24)22-23-21-16)13(19)9-15(14)26-10-11-6-4-3-5-7-11/h3-9H,2,10H2,1H3,(H2,20,24)(H,21,22,23). The highest BCUT2D eigenvalue weighted by atomic mass is 35.5. The van der Waals surface area contributed by atoms with E-state index in [4.69, 9.17) is 26.8 Å². The van der Waals surface area contributed by atoms with Crippen molar-refractivity contribution < 1.29 is 14.3 Å². The molecule has 26 heavy (non-hydrogen) atoms. The number of rotatable bonds is 7. The molecule has 0 radical (unpaired) electrons. The number of nitrogens with two attached hydrogens (primary N) is 1. The van der Waals surface area contributed by atoms with Crippen LogP contribution in [0, 0.1) is 0 Å². The topological polar surface area (TPSA) is 103 Å². The molecule has 0 saturated carbocycles. The Kier molecular flexibility index (Phi) is 5.38. The van der Waals surface area contributed by atoms with Gasteiger partial charge in [0, 0.05) is 11.6 Å². The number of aromatic amines is 1. The number of ether oxygens (including phenoxy) is 2. The van der Waals surface area contributed by atoms with Crippen molar-refractivity contribution in [2.75, 3.05) is 6.61 Å². The molecule has 1 heterocycles. The molecule has 0 fully saturated rings. The van der Waals surface area contributed by atoms with E-state index in [0.717, 1.165) is 5.56 Å². The third kappa shape index (κ3) is 3.78. The van der Waals surface area contributed by atoms with Gasteiger partial charge >= 0.3 is 0 Å². The molecule has 2 aromatic carbocycles. The second-order valence-electron chi connectivity index (χ2n) is 5.37. The highest BCUT2D eigenvalue weighted by Gasteiger charge is 2.20. The van der Waals surface area contributed by atoms with Crippen LogP contribution in [0.3, 0.4) is 0 Å². The van der Waals surface area contributed by atoms with Crippen molar-refractivity contribution in [1.82, 2.24) is 15.4 Å². The van der Waals surface area contributed by atoms with E-state index in [0.29, 0.717) is 35.3 Å². The molecule has 0 aliphatic rings. The first-order valence-corrected chi connectivity index (χ1v) is 8.32. The van der Waals surface area contributed by atoms with E-state index in [1.807, 2.05) is 37.3 Å². The lowest BCUT2D eigenvalue weighted by Crippen LogP contribution is -2.13. The van der Waals surface area contributed by atoms with Crippen LogP contribution < -0.4 is 15.2 Å². The molecule has 3 aromatic rings. The predicted octanol–water partition coefficient (Wildman–Crippen LogP) is 3.20. The Bertz CT molecular complexity index is 912. The van der Waals surface area contributed by atoms with Crippen molar-refractivity contribution in [3.63, 3.8) is 0 Å². The first kappa shape index (κ1) is 17.8. The maximum Gasteiger partial charge on any atom is 0.271 e. The van der Waals surface area contributed by atoms with E-state index in [9.17, 15) is 4.79 Å². The summed E-state index contributed by atoms with van der Waals surface area (Å²) in [5.41, 5.74) is 7.09. The van der Waals surface area contributed by atoms with Crippen molar-refractivity contribution in [3.05, 3.63) is 58.7 Å². The summed E-state index contributed by atoms with van der Waals surface area (Å²) >= 11 is 6.38. The predicted molar refractivity (Wildman–Crippen MR) is 97.3 cm³/mol. The molecule has 1 aromatic heterocycles. The molecule has 0 atom stereocenters. The molecule has 0 bridgehead atoms. The molecule has 134 valence electrons. The van der Waals surface area contributed by atoms with Crippen molar-refractivity contribution >= 4 is 17.5 Å². The molecular formula is C18H17ClN4O3. The molecule has 0 spiro atoms. The largest absolute Gasteiger partial charge is 0.490 e. The van der Waals surface area contributed by atoms with Gasteiger partial charge in [-0.25, -0.2) is 0 Å². The zero-order valence-electron chi connectivity index (χ0n) is 14.0. The fourth-order valence-electron chi connectivity index (χ4n) is 2.42. The Labute approximate surface area is 155 Å². The molecule has 0 saturated heterocycles. The number of benzene rings is 2. The number of nitrogens with zero attached hydrogens (tertiary/aromatic N) is 2. The van der Waals surface area contributed by atoms with Crippen molar-refractivity contribution in [1.29, 1.82) is 0 Å². The summed E-state index contributed by atoms with van der Waals surface area (Å²) in [5.74, 6) is 0.280. The maximum atomic E-state index is 11.5. The lowest BCUT2D eigenvalue weighted by Gasteiger charge is -2.14. The Hall–Kier alpha value is -3.06. The molecular weight excluding hydrogens is 356 g/mol. The van der Waals surface area contributed by atoms with Crippen molar-refractivity contribution in [2.45, 2.75) is 13.5 Å². The van der Waals surface area contributed by atoms with Crippen LogP contribution >= 0.6 is 11.6 Å². The van der Waals surface area contributed by atoms with Crippen LogP contribution in [0.25, 0.3) is 11.3 Å². The number of aromatic nitrogens is 3. The number of hydrogen-bond acceptors (Lipinski definition) is 5. The number of carbonyl (C=O) groups is 1.